The van der Waals surface area contributed by atoms with Gasteiger partial charge in [-0.1, -0.05) is 25.1 Å². The maximum atomic E-state index is 12.9. The van der Waals surface area contributed by atoms with E-state index >= 15 is 0 Å². The van der Waals surface area contributed by atoms with E-state index < -0.39 is 10.0 Å². The average molecular weight is 402 g/mol. The van der Waals surface area contributed by atoms with Gasteiger partial charge < -0.3 is 4.74 Å². The van der Waals surface area contributed by atoms with Gasteiger partial charge in [0, 0.05) is 13.1 Å². The van der Waals surface area contributed by atoms with Crippen molar-refractivity contribution in [2.45, 2.75) is 44.9 Å². The van der Waals surface area contributed by atoms with Crippen molar-refractivity contribution in [1.29, 1.82) is 0 Å². The van der Waals surface area contributed by atoms with Crippen molar-refractivity contribution < 1.29 is 17.9 Å². The molecule has 150 valence electrons. The molecular formula is C22H27NO4S. The smallest absolute Gasteiger partial charge is 0.314 e. The molecule has 5 nitrogen and oxygen atoms in total. The number of carbonyl (C=O) groups is 1. The molecule has 28 heavy (non-hydrogen) atoms. The molecule has 6 heteroatoms. The van der Waals surface area contributed by atoms with Gasteiger partial charge in [0.2, 0.25) is 10.0 Å². The summed E-state index contributed by atoms with van der Waals surface area (Å²) in [5, 5.41) is 0. The fraction of sp³-hybridized carbons (Fsp3) is 0.409. The van der Waals surface area contributed by atoms with Crippen molar-refractivity contribution in [1.82, 2.24) is 4.31 Å². The van der Waals surface area contributed by atoms with Crippen LogP contribution < -0.4 is 4.74 Å². The van der Waals surface area contributed by atoms with E-state index in [0.29, 0.717) is 36.6 Å². The Morgan fingerprint density at radius 2 is 1.68 bits per heavy atom. The van der Waals surface area contributed by atoms with E-state index in [-0.39, 0.29) is 11.9 Å². The SMILES string of the molecule is CCc1ccc(OC(=O)C2CCN(S(=O)(=O)c3ccc(C)c(C)c3)CC2)cc1. The van der Waals surface area contributed by atoms with Gasteiger partial charge in [-0.3, -0.25) is 4.79 Å². The summed E-state index contributed by atoms with van der Waals surface area (Å²) in [6, 6.07) is 12.7. The van der Waals surface area contributed by atoms with E-state index in [1.54, 1.807) is 24.3 Å². The average Bonchev–Trinajstić information content (AvgIpc) is 2.70. The zero-order chi connectivity index (χ0) is 20.3. The van der Waals surface area contributed by atoms with E-state index in [1.807, 2.05) is 32.0 Å². The molecule has 0 N–H and O–H groups in total. The largest absolute Gasteiger partial charge is 0.426 e. The Balaban J connectivity index is 1.61. The molecule has 0 spiro atoms. The van der Waals surface area contributed by atoms with Crippen LogP contribution in [0.25, 0.3) is 0 Å². The highest BCUT2D eigenvalue weighted by atomic mass is 32.2. The monoisotopic (exact) mass is 401 g/mol. The zero-order valence-electron chi connectivity index (χ0n) is 16.6. The van der Waals surface area contributed by atoms with Crippen molar-refractivity contribution in [3.63, 3.8) is 0 Å². The first-order valence-corrected chi connectivity index (χ1v) is 11.1. The second-order valence-electron chi connectivity index (χ2n) is 7.34. The normalized spacial score (nSPS) is 16.1. The van der Waals surface area contributed by atoms with E-state index in [2.05, 4.69) is 6.92 Å². The lowest BCUT2D eigenvalue weighted by Gasteiger charge is -2.30. The Hall–Kier alpha value is -2.18. The van der Waals surface area contributed by atoms with E-state index in [9.17, 15) is 13.2 Å². The summed E-state index contributed by atoms with van der Waals surface area (Å²) in [5.74, 6) is -0.0306. The minimum Gasteiger partial charge on any atom is -0.426 e. The molecule has 1 aliphatic heterocycles. The van der Waals surface area contributed by atoms with E-state index in [0.717, 1.165) is 17.5 Å². The number of benzene rings is 2. The number of carbonyl (C=O) groups excluding carboxylic acids is 1. The Morgan fingerprint density at radius 1 is 1.04 bits per heavy atom. The number of piperidine rings is 1. The third kappa shape index (κ3) is 4.45. The second-order valence-corrected chi connectivity index (χ2v) is 9.28. The van der Waals surface area contributed by atoms with Crippen molar-refractivity contribution in [3.8, 4) is 5.75 Å². The molecule has 3 rings (SSSR count). The van der Waals surface area contributed by atoms with Crippen LogP contribution in [0, 0.1) is 19.8 Å². The lowest BCUT2D eigenvalue weighted by atomic mass is 9.98. The molecule has 1 aliphatic rings. The van der Waals surface area contributed by atoms with Crippen molar-refractivity contribution in [3.05, 3.63) is 59.2 Å². The van der Waals surface area contributed by atoms with Crippen LogP contribution in [0.5, 0.6) is 5.75 Å². The predicted octanol–water partition coefficient (Wildman–Crippen LogP) is 3.87. The van der Waals surface area contributed by atoms with Crippen molar-refractivity contribution in [2.75, 3.05) is 13.1 Å². The molecule has 0 unspecified atom stereocenters. The van der Waals surface area contributed by atoms with Gasteiger partial charge in [-0.2, -0.15) is 4.31 Å². The van der Waals surface area contributed by atoms with E-state index in [4.69, 9.17) is 4.74 Å². The minimum absolute atomic E-state index is 0.281. The van der Waals surface area contributed by atoms with E-state index in [1.165, 1.54) is 9.87 Å². The number of hydrogen-bond acceptors (Lipinski definition) is 4. The number of ether oxygens (including phenoxy) is 1. The van der Waals surface area contributed by atoms with Gasteiger partial charge >= 0.3 is 5.97 Å². The molecule has 2 aromatic rings. The van der Waals surface area contributed by atoms with Crippen molar-refractivity contribution >= 4 is 16.0 Å². The van der Waals surface area contributed by atoms with Gasteiger partial charge in [0.1, 0.15) is 5.75 Å². The molecule has 1 fully saturated rings. The van der Waals surface area contributed by atoms with Crippen LogP contribution in [-0.2, 0) is 21.2 Å². The first kappa shape index (κ1) is 20.6. The van der Waals surface area contributed by atoms with Crippen LogP contribution in [0.2, 0.25) is 0 Å². The van der Waals surface area contributed by atoms with Gasteiger partial charge in [0.15, 0.2) is 0 Å². The topological polar surface area (TPSA) is 63.7 Å². The lowest BCUT2D eigenvalue weighted by Crippen LogP contribution is -2.41. The van der Waals surface area contributed by atoms with Crippen LogP contribution in [-0.4, -0.2) is 31.8 Å². The molecule has 0 amide bonds. The fourth-order valence-corrected chi connectivity index (χ4v) is 4.90. The number of aryl methyl sites for hydroxylation is 3. The molecule has 0 bridgehead atoms. The second kappa shape index (κ2) is 8.45. The lowest BCUT2D eigenvalue weighted by molar-refractivity contribution is -0.140. The third-order valence-corrected chi connectivity index (χ3v) is 7.35. The minimum atomic E-state index is -3.54. The summed E-state index contributed by atoms with van der Waals surface area (Å²) in [7, 11) is -3.54. The summed E-state index contributed by atoms with van der Waals surface area (Å²) in [4.78, 5) is 12.8. The predicted molar refractivity (Wildman–Crippen MR) is 109 cm³/mol. The highest BCUT2D eigenvalue weighted by Crippen LogP contribution is 2.26. The maximum Gasteiger partial charge on any atom is 0.314 e. The number of hydrogen-bond donors (Lipinski definition) is 0. The Kier molecular flexibility index (Phi) is 6.20. The van der Waals surface area contributed by atoms with Crippen LogP contribution in [0.3, 0.4) is 0 Å². The summed E-state index contributed by atoms with van der Waals surface area (Å²) in [6.45, 7) is 6.58. The third-order valence-electron chi connectivity index (χ3n) is 5.45. The first-order valence-electron chi connectivity index (χ1n) is 9.69. The summed E-state index contributed by atoms with van der Waals surface area (Å²) in [6.07, 6.45) is 1.87. The molecule has 2 aromatic carbocycles. The summed E-state index contributed by atoms with van der Waals surface area (Å²) >= 11 is 0. The fourth-order valence-electron chi connectivity index (χ4n) is 3.35. The molecule has 0 radical (unpaired) electrons. The quantitative estimate of drug-likeness (QED) is 0.564. The first-order chi connectivity index (χ1) is 13.3. The Bertz CT molecular complexity index is 943. The Morgan fingerprint density at radius 3 is 2.25 bits per heavy atom. The van der Waals surface area contributed by atoms with Crippen LogP contribution in [0.1, 0.15) is 36.5 Å². The van der Waals surface area contributed by atoms with Crippen LogP contribution in [0.4, 0.5) is 0 Å². The van der Waals surface area contributed by atoms with Gasteiger partial charge in [0.05, 0.1) is 10.8 Å². The molecule has 1 saturated heterocycles. The number of rotatable bonds is 5. The highest BCUT2D eigenvalue weighted by molar-refractivity contribution is 7.89. The van der Waals surface area contributed by atoms with Gasteiger partial charge in [-0.15, -0.1) is 0 Å². The molecule has 0 aromatic heterocycles. The number of esters is 1. The summed E-state index contributed by atoms with van der Waals surface area (Å²) in [5.41, 5.74) is 3.20. The van der Waals surface area contributed by atoms with Crippen molar-refractivity contribution in [2.24, 2.45) is 5.92 Å². The molecule has 0 saturated carbocycles. The molecule has 0 atom stereocenters. The number of nitrogens with zero attached hydrogens (tertiary/aromatic N) is 1. The van der Waals surface area contributed by atoms with Crippen LogP contribution >= 0.6 is 0 Å². The van der Waals surface area contributed by atoms with Gasteiger partial charge in [-0.05, 0) is 74.1 Å². The molecular weight excluding hydrogens is 374 g/mol. The van der Waals surface area contributed by atoms with Crippen LogP contribution in [0.15, 0.2) is 47.4 Å². The van der Waals surface area contributed by atoms with Gasteiger partial charge in [-0.25, -0.2) is 8.42 Å². The zero-order valence-corrected chi connectivity index (χ0v) is 17.5. The molecule has 1 heterocycles. The Labute approximate surface area is 167 Å². The highest BCUT2D eigenvalue weighted by Gasteiger charge is 2.33. The summed E-state index contributed by atoms with van der Waals surface area (Å²) < 4.78 is 32.7. The standard InChI is InChI=1S/C22H27NO4S/c1-4-18-6-8-20(9-7-18)27-22(24)19-11-13-23(14-12-19)28(25,26)21-10-5-16(2)17(3)15-21/h5-10,15,19H,4,11-14H2,1-3H3. The molecule has 0 aliphatic carbocycles. The number of sulfonamides is 1. The maximum absolute atomic E-state index is 12.9. The van der Waals surface area contributed by atoms with Gasteiger partial charge in [0.25, 0.3) is 0 Å².